The van der Waals surface area contributed by atoms with Gasteiger partial charge in [0.05, 0.1) is 21.8 Å². The van der Waals surface area contributed by atoms with Crippen LogP contribution in [0.2, 0.25) is 0 Å². The molecule has 0 atom stereocenters. The van der Waals surface area contributed by atoms with Gasteiger partial charge in [0.2, 0.25) is 0 Å². The minimum atomic E-state index is -2.96. The Hall–Kier alpha value is -3.57. The molecule has 3 aromatic heterocycles. The third-order valence-corrected chi connectivity index (χ3v) is 5.67. The van der Waals surface area contributed by atoms with Crippen LogP contribution in [0.4, 0.5) is 18.9 Å². The standard InChI is InChI=1S/C20H13F2N3O4S2/c21-19(22)29-13-5-2-1-4-11(13)12-10-30-20(23-12)25-18(27)15-7-8-16(31-15)24-17(26)14-6-3-9-28-14/h1-10,19H,(H,24,26)(H,23,25,27). The normalized spacial score (nSPS) is 10.8. The van der Waals surface area contributed by atoms with Crippen molar-refractivity contribution in [3.8, 4) is 17.0 Å². The van der Waals surface area contributed by atoms with Crippen LogP contribution in [0, 0.1) is 0 Å². The van der Waals surface area contributed by atoms with Gasteiger partial charge in [0, 0.05) is 10.9 Å². The summed E-state index contributed by atoms with van der Waals surface area (Å²) < 4.78 is 34.8. The molecular weight excluding hydrogens is 448 g/mol. The number of aromatic nitrogens is 1. The first-order chi connectivity index (χ1) is 15.0. The summed E-state index contributed by atoms with van der Waals surface area (Å²) in [5, 5.41) is 7.71. The minimum Gasteiger partial charge on any atom is -0.459 e. The number of amides is 2. The fraction of sp³-hybridized carbons (Fsp3) is 0.0500. The second kappa shape index (κ2) is 9.06. The average Bonchev–Trinajstić information content (AvgIpc) is 3.50. The Balaban J connectivity index is 1.43. The molecule has 4 rings (SSSR count). The first-order valence-corrected chi connectivity index (χ1v) is 10.4. The van der Waals surface area contributed by atoms with Crippen LogP contribution in [0.1, 0.15) is 20.2 Å². The van der Waals surface area contributed by atoms with E-state index < -0.39 is 18.4 Å². The van der Waals surface area contributed by atoms with Crippen LogP contribution < -0.4 is 15.4 Å². The molecule has 0 unspecified atom stereocenters. The number of anilines is 2. The van der Waals surface area contributed by atoms with Crippen LogP contribution in [0.3, 0.4) is 0 Å². The Morgan fingerprint density at radius 2 is 1.87 bits per heavy atom. The largest absolute Gasteiger partial charge is 0.459 e. The van der Waals surface area contributed by atoms with Crippen molar-refractivity contribution in [2.45, 2.75) is 6.61 Å². The summed E-state index contributed by atoms with van der Waals surface area (Å²) in [6.45, 7) is -2.96. The number of carbonyl (C=O) groups is 2. The highest BCUT2D eigenvalue weighted by molar-refractivity contribution is 7.18. The number of para-hydroxylation sites is 1. The molecule has 4 aromatic rings. The molecule has 0 radical (unpaired) electrons. The lowest BCUT2D eigenvalue weighted by Crippen LogP contribution is -2.10. The van der Waals surface area contributed by atoms with Crippen molar-refractivity contribution in [1.29, 1.82) is 0 Å². The molecule has 0 saturated carbocycles. The number of nitrogens with zero attached hydrogens (tertiary/aromatic N) is 1. The summed E-state index contributed by atoms with van der Waals surface area (Å²) >= 11 is 2.23. The number of furan rings is 1. The van der Waals surface area contributed by atoms with E-state index in [1.54, 1.807) is 41.8 Å². The summed E-state index contributed by atoms with van der Waals surface area (Å²) in [4.78, 5) is 29.2. The van der Waals surface area contributed by atoms with Gasteiger partial charge in [-0.25, -0.2) is 4.98 Å². The molecule has 0 aliphatic rings. The van der Waals surface area contributed by atoms with Crippen molar-refractivity contribution in [2.75, 3.05) is 10.6 Å². The first kappa shape index (κ1) is 20.7. The molecule has 31 heavy (non-hydrogen) atoms. The zero-order chi connectivity index (χ0) is 21.8. The Morgan fingerprint density at radius 1 is 1.03 bits per heavy atom. The van der Waals surface area contributed by atoms with Crippen LogP contribution in [0.25, 0.3) is 11.3 Å². The third-order valence-electron chi connectivity index (χ3n) is 3.92. The fourth-order valence-electron chi connectivity index (χ4n) is 2.60. The van der Waals surface area contributed by atoms with Gasteiger partial charge in [-0.15, -0.1) is 22.7 Å². The number of thiophene rings is 1. The lowest BCUT2D eigenvalue weighted by atomic mass is 10.1. The Bertz CT molecular complexity index is 1200. The number of thiazole rings is 1. The van der Waals surface area contributed by atoms with Crippen LogP contribution in [0.5, 0.6) is 5.75 Å². The number of hydrogen-bond acceptors (Lipinski definition) is 7. The summed E-state index contributed by atoms with van der Waals surface area (Å²) in [6.07, 6.45) is 1.39. The summed E-state index contributed by atoms with van der Waals surface area (Å²) in [6, 6.07) is 12.6. The predicted molar refractivity (Wildman–Crippen MR) is 113 cm³/mol. The highest BCUT2D eigenvalue weighted by Gasteiger charge is 2.17. The van der Waals surface area contributed by atoms with Crippen molar-refractivity contribution in [3.63, 3.8) is 0 Å². The average molecular weight is 461 g/mol. The van der Waals surface area contributed by atoms with Gasteiger partial charge in [0.15, 0.2) is 10.9 Å². The number of carbonyl (C=O) groups excluding carboxylic acids is 2. The monoisotopic (exact) mass is 461 g/mol. The molecule has 2 amide bonds. The Kier molecular flexibility index (Phi) is 6.05. The maximum atomic E-state index is 12.6. The van der Waals surface area contributed by atoms with Gasteiger partial charge in [-0.05, 0) is 36.4 Å². The van der Waals surface area contributed by atoms with E-state index in [1.165, 1.54) is 18.4 Å². The molecular formula is C20H13F2N3O4S2. The molecule has 0 fully saturated rings. The summed E-state index contributed by atoms with van der Waals surface area (Å²) in [5.74, 6) is -0.684. The van der Waals surface area contributed by atoms with E-state index in [-0.39, 0.29) is 11.5 Å². The fourth-order valence-corrected chi connectivity index (χ4v) is 4.10. The lowest BCUT2D eigenvalue weighted by molar-refractivity contribution is -0.0494. The van der Waals surface area contributed by atoms with Gasteiger partial charge in [0.1, 0.15) is 5.75 Å². The van der Waals surface area contributed by atoms with Crippen LogP contribution in [-0.4, -0.2) is 23.4 Å². The van der Waals surface area contributed by atoms with E-state index in [1.807, 2.05) is 0 Å². The number of nitrogens with one attached hydrogen (secondary N) is 2. The van der Waals surface area contributed by atoms with E-state index in [4.69, 9.17) is 4.42 Å². The quantitative estimate of drug-likeness (QED) is 0.375. The maximum absolute atomic E-state index is 12.6. The number of benzene rings is 1. The van der Waals surface area contributed by atoms with E-state index >= 15 is 0 Å². The van der Waals surface area contributed by atoms with Gasteiger partial charge in [0.25, 0.3) is 11.8 Å². The Labute approximate surface area is 182 Å². The molecule has 11 heteroatoms. The van der Waals surface area contributed by atoms with Gasteiger partial charge in [-0.2, -0.15) is 8.78 Å². The number of hydrogen-bond donors (Lipinski definition) is 2. The zero-order valence-electron chi connectivity index (χ0n) is 15.5. The summed E-state index contributed by atoms with van der Waals surface area (Å²) in [7, 11) is 0. The molecule has 0 bridgehead atoms. The predicted octanol–water partition coefficient (Wildman–Crippen LogP) is 5.57. The lowest BCUT2D eigenvalue weighted by Gasteiger charge is -2.08. The topological polar surface area (TPSA) is 93.5 Å². The van der Waals surface area contributed by atoms with Crippen LogP contribution in [-0.2, 0) is 0 Å². The smallest absolute Gasteiger partial charge is 0.387 e. The number of alkyl halides is 2. The molecule has 7 nitrogen and oxygen atoms in total. The SMILES string of the molecule is O=C(Nc1ccc(C(=O)Nc2nc(-c3ccccc3OC(F)F)cs2)s1)c1ccco1. The van der Waals surface area contributed by atoms with Crippen molar-refractivity contribution < 1.29 is 27.5 Å². The first-order valence-electron chi connectivity index (χ1n) is 8.75. The van der Waals surface area contributed by atoms with Crippen molar-refractivity contribution >= 4 is 44.6 Å². The summed E-state index contributed by atoms with van der Waals surface area (Å²) in [5.41, 5.74) is 0.785. The zero-order valence-corrected chi connectivity index (χ0v) is 17.1. The molecule has 2 N–H and O–H groups in total. The third kappa shape index (κ3) is 4.95. The van der Waals surface area contributed by atoms with Gasteiger partial charge in [-0.1, -0.05) is 12.1 Å². The molecule has 0 saturated heterocycles. The van der Waals surface area contributed by atoms with Crippen molar-refractivity contribution in [2.24, 2.45) is 0 Å². The highest BCUT2D eigenvalue weighted by Crippen LogP contribution is 2.33. The van der Waals surface area contributed by atoms with Crippen molar-refractivity contribution in [3.05, 3.63) is 70.8 Å². The Morgan fingerprint density at radius 3 is 2.65 bits per heavy atom. The molecule has 0 aliphatic heterocycles. The van der Waals surface area contributed by atoms with Gasteiger partial charge in [-0.3, -0.25) is 14.9 Å². The highest BCUT2D eigenvalue weighted by atomic mass is 32.1. The number of rotatable bonds is 7. The van der Waals surface area contributed by atoms with E-state index in [0.717, 1.165) is 22.7 Å². The van der Waals surface area contributed by atoms with Gasteiger partial charge < -0.3 is 14.5 Å². The number of ether oxygens (including phenoxy) is 1. The molecule has 0 aliphatic carbocycles. The van der Waals surface area contributed by atoms with Gasteiger partial charge >= 0.3 is 6.61 Å². The van der Waals surface area contributed by atoms with E-state index in [0.29, 0.717) is 26.3 Å². The number of halogens is 2. The van der Waals surface area contributed by atoms with E-state index in [2.05, 4.69) is 20.4 Å². The molecule has 3 heterocycles. The second-order valence-electron chi connectivity index (χ2n) is 5.96. The van der Waals surface area contributed by atoms with Crippen molar-refractivity contribution in [1.82, 2.24) is 4.98 Å². The van der Waals surface area contributed by atoms with Crippen LogP contribution >= 0.6 is 22.7 Å². The second-order valence-corrected chi connectivity index (χ2v) is 7.90. The molecule has 158 valence electrons. The maximum Gasteiger partial charge on any atom is 0.387 e. The van der Waals surface area contributed by atoms with Crippen LogP contribution in [0.15, 0.2) is 64.6 Å². The van der Waals surface area contributed by atoms with E-state index in [9.17, 15) is 18.4 Å². The molecule has 1 aromatic carbocycles. The minimum absolute atomic E-state index is 0.00382. The molecule has 0 spiro atoms.